The summed E-state index contributed by atoms with van der Waals surface area (Å²) in [5.74, 6) is -0.767. The number of anilines is 1. The number of halogens is 1. The van der Waals surface area contributed by atoms with E-state index in [4.69, 9.17) is 9.47 Å². The molecule has 0 fully saturated rings. The molecule has 26 heavy (non-hydrogen) atoms. The van der Waals surface area contributed by atoms with Crippen molar-refractivity contribution in [2.24, 2.45) is 0 Å². The lowest BCUT2D eigenvalue weighted by Gasteiger charge is -2.13. The number of hydrogen-bond acceptors (Lipinski definition) is 5. The van der Waals surface area contributed by atoms with Crippen molar-refractivity contribution >= 4 is 21.6 Å². The molecule has 0 unspecified atom stereocenters. The van der Waals surface area contributed by atoms with Crippen molar-refractivity contribution in [3.8, 4) is 11.5 Å². The van der Waals surface area contributed by atoms with Crippen LogP contribution in [0.5, 0.6) is 11.5 Å². The number of rotatable bonds is 6. The van der Waals surface area contributed by atoms with Gasteiger partial charge in [0.25, 0.3) is 5.91 Å². The Morgan fingerprint density at radius 3 is 2.12 bits per heavy atom. The van der Waals surface area contributed by atoms with Crippen LogP contribution in [0.2, 0.25) is 0 Å². The second-order valence-corrected chi connectivity index (χ2v) is 7.64. The van der Waals surface area contributed by atoms with E-state index in [1.165, 1.54) is 40.4 Å². The zero-order valence-electron chi connectivity index (χ0n) is 14.7. The van der Waals surface area contributed by atoms with Gasteiger partial charge >= 0.3 is 0 Å². The Kier molecular flexibility index (Phi) is 5.83. The van der Waals surface area contributed by atoms with Gasteiger partial charge in [-0.15, -0.1) is 0 Å². The first-order valence-electron chi connectivity index (χ1n) is 7.45. The van der Waals surface area contributed by atoms with Crippen LogP contribution in [-0.4, -0.2) is 46.9 Å². The van der Waals surface area contributed by atoms with E-state index in [-0.39, 0.29) is 4.90 Å². The SMILES string of the molecule is COc1cc(NC(=O)c2cc(S(=O)(=O)N(C)C)ccc2F)cc(OC)c1. The van der Waals surface area contributed by atoms with E-state index in [9.17, 15) is 17.6 Å². The predicted octanol–water partition coefficient (Wildman–Crippen LogP) is 2.35. The van der Waals surface area contributed by atoms with Crippen LogP contribution in [0.25, 0.3) is 0 Å². The van der Waals surface area contributed by atoms with Gasteiger partial charge in [-0.3, -0.25) is 4.79 Å². The number of nitrogens with zero attached hydrogens (tertiary/aromatic N) is 1. The Morgan fingerprint density at radius 1 is 1.04 bits per heavy atom. The summed E-state index contributed by atoms with van der Waals surface area (Å²) < 4.78 is 49.6. The van der Waals surface area contributed by atoms with E-state index in [1.54, 1.807) is 6.07 Å². The molecule has 0 aliphatic carbocycles. The molecular formula is C17H19FN2O5S. The van der Waals surface area contributed by atoms with Crippen LogP contribution < -0.4 is 14.8 Å². The average molecular weight is 382 g/mol. The monoisotopic (exact) mass is 382 g/mol. The lowest BCUT2D eigenvalue weighted by Crippen LogP contribution is -2.23. The van der Waals surface area contributed by atoms with Gasteiger partial charge < -0.3 is 14.8 Å². The van der Waals surface area contributed by atoms with Gasteiger partial charge in [0, 0.05) is 38.0 Å². The number of methoxy groups -OCH3 is 2. The number of ether oxygens (including phenoxy) is 2. The third-order valence-electron chi connectivity index (χ3n) is 3.57. The van der Waals surface area contributed by atoms with Crippen molar-refractivity contribution in [1.29, 1.82) is 0 Å². The van der Waals surface area contributed by atoms with Crippen molar-refractivity contribution in [2.45, 2.75) is 4.90 Å². The van der Waals surface area contributed by atoms with Gasteiger partial charge in [0.05, 0.1) is 24.7 Å². The van der Waals surface area contributed by atoms with E-state index in [1.807, 2.05) is 0 Å². The first-order chi connectivity index (χ1) is 12.2. The molecule has 0 bridgehead atoms. The van der Waals surface area contributed by atoms with Crippen LogP contribution in [0.15, 0.2) is 41.3 Å². The number of amides is 1. The topological polar surface area (TPSA) is 84.9 Å². The van der Waals surface area contributed by atoms with Crippen LogP contribution in [0.1, 0.15) is 10.4 Å². The summed E-state index contributed by atoms with van der Waals surface area (Å²) in [4.78, 5) is 12.3. The molecule has 1 N–H and O–H groups in total. The first kappa shape index (κ1) is 19.7. The molecule has 0 aromatic heterocycles. The van der Waals surface area contributed by atoms with E-state index in [0.717, 1.165) is 22.5 Å². The molecule has 0 radical (unpaired) electrons. The van der Waals surface area contributed by atoms with Gasteiger partial charge in [-0.25, -0.2) is 17.1 Å². The fourth-order valence-corrected chi connectivity index (χ4v) is 3.06. The van der Waals surface area contributed by atoms with Gasteiger partial charge in [-0.2, -0.15) is 0 Å². The van der Waals surface area contributed by atoms with E-state index < -0.39 is 27.3 Å². The highest BCUT2D eigenvalue weighted by Crippen LogP contribution is 2.26. The van der Waals surface area contributed by atoms with Crippen LogP contribution in [0.3, 0.4) is 0 Å². The summed E-state index contributed by atoms with van der Waals surface area (Å²) in [5, 5.41) is 2.51. The van der Waals surface area contributed by atoms with Crippen LogP contribution in [0, 0.1) is 5.82 Å². The van der Waals surface area contributed by atoms with Crippen LogP contribution >= 0.6 is 0 Å². The zero-order valence-corrected chi connectivity index (χ0v) is 15.6. The molecule has 0 spiro atoms. The number of carbonyl (C=O) groups excluding carboxylic acids is 1. The fourth-order valence-electron chi connectivity index (χ4n) is 2.13. The number of sulfonamides is 1. The number of nitrogens with one attached hydrogen (secondary N) is 1. The summed E-state index contributed by atoms with van der Waals surface area (Å²) in [6.07, 6.45) is 0. The predicted molar refractivity (Wildman–Crippen MR) is 94.8 cm³/mol. The molecule has 0 aliphatic rings. The minimum Gasteiger partial charge on any atom is -0.497 e. The summed E-state index contributed by atoms with van der Waals surface area (Å²) in [7, 11) is 1.81. The van der Waals surface area contributed by atoms with Crippen molar-refractivity contribution in [1.82, 2.24) is 4.31 Å². The molecule has 0 saturated carbocycles. The van der Waals surface area contributed by atoms with Gasteiger partial charge in [0.2, 0.25) is 10.0 Å². The molecular weight excluding hydrogens is 363 g/mol. The first-order valence-corrected chi connectivity index (χ1v) is 8.89. The molecule has 0 atom stereocenters. The van der Waals surface area contributed by atoms with Gasteiger partial charge in [-0.05, 0) is 18.2 Å². The average Bonchev–Trinajstić information content (AvgIpc) is 2.61. The van der Waals surface area contributed by atoms with E-state index in [0.29, 0.717) is 17.2 Å². The molecule has 2 rings (SSSR count). The maximum absolute atomic E-state index is 14.1. The number of hydrogen-bond donors (Lipinski definition) is 1. The number of carbonyl (C=O) groups is 1. The summed E-state index contributed by atoms with van der Waals surface area (Å²) in [6, 6.07) is 7.71. The summed E-state index contributed by atoms with van der Waals surface area (Å²) in [5.41, 5.74) is -0.0822. The van der Waals surface area contributed by atoms with Crippen molar-refractivity contribution in [3.05, 3.63) is 47.8 Å². The van der Waals surface area contributed by atoms with Crippen LogP contribution in [0.4, 0.5) is 10.1 Å². The molecule has 2 aromatic rings. The van der Waals surface area contributed by atoms with Crippen LogP contribution in [-0.2, 0) is 10.0 Å². The minimum atomic E-state index is -3.80. The molecule has 7 nitrogen and oxygen atoms in total. The molecule has 1 amide bonds. The summed E-state index contributed by atoms with van der Waals surface area (Å²) >= 11 is 0. The smallest absolute Gasteiger partial charge is 0.258 e. The van der Waals surface area contributed by atoms with E-state index in [2.05, 4.69) is 5.32 Å². The largest absolute Gasteiger partial charge is 0.497 e. The molecule has 0 saturated heterocycles. The third kappa shape index (κ3) is 4.12. The van der Waals surface area contributed by atoms with Crippen molar-refractivity contribution < 1.29 is 27.1 Å². The highest BCUT2D eigenvalue weighted by molar-refractivity contribution is 7.89. The maximum atomic E-state index is 14.1. The second-order valence-electron chi connectivity index (χ2n) is 5.48. The molecule has 2 aromatic carbocycles. The Hall–Kier alpha value is -2.65. The second kappa shape index (κ2) is 7.71. The maximum Gasteiger partial charge on any atom is 0.258 e. The Bertz CT molecular complexity index is 906. The Labute approximate surface area is 151 Å². The lowest BCUT2D eigenvalue weighted by molar-refractivity contribution is 0.102. The Morgan fingerprint density at radius 2 is 1.62 bits per heavy atom. The van der Waals surface area contributed by atoms with E-state index >= 15 is 0 Å². The molecule has 0 aliphatic heterocycles. The molecule has 9 heteroatoms. The number of benzene rings is 2. The highest BCUT2D eigenvalue weighted by atomic mass is 32.2. The Balaban J connectivity index is 2.39. The molecule has 0 heterocycles. The normalized spacial score (nSPS) is 11.3. The third-order valence-corrected chi connectivity index (χ3v) is 5.38. The van der Waals surface area contributed by atoms with Gasteiger partial charge in [-0.1, -0.05) is 0 Å². The quantitative estimate of drug-likeness (QED) is 0.829. The van der Waals surface area contributed by atoms with Crippen molar-refractivity contribution in [2.75, 3.05) is 33.6 Å². The highest BCUT2D eigenvalue weighted by Gasteiger charge is 2.21. The zero-order chi connectivity index (χ0) is 19.5. The summed E-state index contributed by atoms with van der Waals surface area (Å²) in [6.45, 7) is 0. The lowest BCUT2D eigenvalue weighted by atomic mass is 10.2. The molecule has 140 valence electrons. The minimum absolute atomic E-state index is 0.183. The van der Waals surface area contributed by atoms with Gasteiger partial charge in [0.1, 0.15) is 17.3 Å². The standard InChI is InChI=1S/C17H19FN2O5S/c1-20(2)26(22,23)14-5-6-16(18)15(10-14)17(21)19-11-7-12(24-3)9-13(8-11)25-4/h5-10H,1-4H3,(H,19,21). The van der Waals surface area contributed by atoms with Crippen molar-refractivity contribution in [3.63, 3.8) is 0 Å². The van der Waals surface area contributed by atoms with Gasteiger partial charge in [0.15, 0.2) is 0 Å². The fraction of sp³-hybridized carbons (Fsp3) is 0.235.